The average Bonchev–Trinajstić information content (AvgIpc) is 3.07. The Labute approximate surface area is 173 Å². The molecule has 0 amide bonds. The van der Waals surface area contributed by atoms with Crippen LogP contribution in [0.1, 0.15) is 29.5 Å². The molecule has 2 aromatic carbocycles. The number of hydrogen-bond acceptors (Lipinski definition) is 3. The second-order valence-corrected chi connectivity index (χ2v) is 8.74. The minimum absolute atomic E-state index is 0.572. The molecule has 152 valence electrons. The quantitative estimate of drug-likeness (QED) is 0.709. The highest BCUT2D eigenvalue weighted by molar-refractivity contribution is 5.82. The van der Waals surface area contributed by atoms with Gasteiger partial charge in [0.05, 0.1) is 29.9 Å². The number of aryl methyl sites for hydroxylation is 3. The predicted molar refractivity (Wildman–Crippen MR) is 119 cm³/mol. The number of likely N-dealkylation sites (tertiary alicyclic amines) is 1. The minimum Gasteiger partial charge on any atom is -0.388 e. The summed E-state index contributed by atoms with van der Waals surface area (Å²) in [5.41, 5.74) is 7.50. The standard InChI is InChI=1S/C25H31N3O/c1-18-14-19(2)22(20(3)15-18)24-23(21-8-6-5-7-9-21)26-17-28(24)16-25(29)10-12-27(4)13-11-25/h5-9,14-15,17,29H,10-13,16H2,1-4H3. The second-order valence-electron chi connectivity index (χ2n) is 8.74. The van der Waals surface area contributed by atoms with Gasteiger partial charge in [0.1, 0.15) is 0 Å². The highest BCUT2D eigenvalue weighted by Crippen LogP contribution is 2.37. The van der Waals surface area contributed by atoms with E-state index in [1.54, 1.807) is 0 Å². The van der Waals surface area contributed by atoms with Crippen molar-refractivity contribution >= 4 is 0 Å². The van der Waals surface area contributed by atoms with Gasteiger partial charge in [-0.05, 0) is 51.8 Å². The first-order valence-electron chi connectivity index (χ1n) is 10.5. The van der Waals surface area contributed by atoms with Gasteiger partial charge in [0, 0.05) is 24.2 Å². The van der Waals surface area contributed by atoms with E-state index in [2.05, 4.69) is 73.7 Å². The SMILES string of the molecule is Cc1cc(C)c(-c2c(-c3ccccc3)ncn2CC2(O)CCN(C)CC2)c(C)c1. The third-order valence-corrected chi connectivity index (χ3v) is 6.18. The number of imidazole rings is 1. The molecule has 0 unspecified atom stereocenters. The number of nitrogens with zero attached hydrogens (tertiary/aromatic N) is 3. The van der Waals surface area contributed by atoms with Gasteiger partial charge in [-0.25, -0.2) is 4.98 Å². The zero-order valence-corrected chi connectivity index (χ0v) is 17.9. The molecular formula is C25H31N3O. The number of aliphatic hydroxyl groups is 1. The van der Waals surface area contributed by atoms with E-state index >= 15 is 0 Å². The summed E-state index contributed by atoms with van der Waals surface area (Å²) in [4.78, 5) is 7.11. The molecule has 29 heavy (non-hydrogen) atoms. The number of hydrogen-bond donors (Lipinski definition) is 1. The third kappa shape index (κ3) is 4.00. The van der Waals surface area contributed by atoms with E-state index in [1.807, 2.05) is 12.4 Å². The molecule has 0 atom stereocenters. The first-order valence-corrected chi connectivity index (χ1v) is 10.5. The Morgan fingerprint density at radius 2 is 1.62 bits per heavy atom. The fraction of sp³-hybridized carbons (Fsp3) is 0.400. The molecule has 1 aliphatic heterocycles. The topological polar surface area (TPSA) is 41.3 Å². The van der Waals surface area contributed by atoms with Crippen LogP contribution in [0.3, 0.4) is 0 Å². The van der Waals surface area contributed by atoms with Crippen LogP contribution in [0, 0.1) is 20.8 Å². The first-order chi connectivity index (χ1) is 13.9. The Hall–Kier alpha value is -2.43. The Balaban J connectivity index is 1.84. The molecule has 1 N–H and O–H groups in total. The maximum absolute atomic E-state index is 11.3. The van der Waals surface area contributed by atoms with Crippen molar-refractivity contribution in [3.63, 3.8) is 0 Å². The Morgan fingerprint density at radius 3 is 2.24 bits per heavy atom. The number of aromatic nitrogens is 2. The van der Waals surface area contributed by atoms with Gasteiger partial charge in [-0.1, -0.05) is 48.0 Å². The smallest absolute Gasteiger partial charge is 0.0963 e. The molecule has 0 saturated carbocycles. The predicted octanol–water partition coefficient (Wildman–Crippen LogP) is 4.60. The van der Waals surface area contributed by atoms with Crippen LogP contribution >= 0.6 is 0 Å². The molecule has 4 nitrogen and oxygen atoms in total. The largest absolute Gasteiger partial charge is 0.388 e. The van der Waals surface area contributed by atoms with Gasteiger partial charge >= 0.3 is 0 Å². The molecule has 3 aromatic rings. The lowest BCUT2D eigenvalue weighted by atomic mass is 9.90. The molecule has 1 fully saturated rings. The van der Waals surface area contributed by atoms with Crippen LogP contribution in [0.2, 0.25) is 0 Å². The van der Waals surface area contributed by atoms with Gasteiger partial charge in [-0.2, -0.15) is 0 Å². The van der Waals surface area contributed by atoms with Gasteiger partial charge in [-0.3, -0.25) is 0 Å². The van der Waals surface area contributed by atoms with Crippen molar-refractivity contribution in [2.24, 2.45) is 0 Å². The average molecular weight is 390 g/mol. The summed E-state index contributed by atoms with van der Waals surface area (Å²) in [5, 5.41) is 11.3. The Bertz CT molecular complexity index is 975. The highest BCUT2D eigenvalue weighted by atomic mass is 16.3. The van der Waals surface area contributed by atoms with Gasteiger partial charge in [0.25, 0.3) is 0 Å². The molecule has 1 aliphatic rings. The summed E-state index contributed by atoms with van der Waals surface area (Å²) in [6.45, 7) is 8.91. The normalized spacial score (nSPS) is 16.9. The van der Waals surface area contributed by atoms with Gasteiger partial charge in [-0.15, -0.1) is 0 Å². The van der Waals surface area contributed by atoms with E-state index < -0.39 is 5.60 Å². The Morgan fingerprint density at radius 1 is 1.00 bits per heavy atom. The van der Waals surface area contributed by atoms with Crippen molar-refractivity contribution in [3.8, 4) is 22.5 Å². The summed E-state index contributed by atoms with van der Waals surface area (Å²) in [7, 11) is 2.12. The van der Waals surface area contributed by atoms with Crippen molar-refractivity contribution in [2.45, 2.75) is 45.8 Å². The molecule has 0 spiro atoms. The van der Waals surface area contributed by atoms with Crippen LogP contribution in [0.5, 0.6) is 0 Å². The number of benzene rings is 2. The van der Waals surface area contributed by atoms with E-state index in [0.29, 0.717) is 6.54 Å². The van der Waals surface area contributed by atoms with E-state index in [9.17, 15) is 5.11 Å². The van der Waals surface area contributed by atoms with Crippen molar-refractivity contribution < 1.29 is 5.11 Å². The lowest BCUT2D eigenvalue weighted by Gasteiger charge is -2.37. The molecule has 0 aliphatic carbocycles. The molecule has 4 rings (SSSR count). The first kappa shape index (κ1) is 19.9. The van der Waals surface area contributed by atoms with E-state index in [-0.39, 0.29) is 0 Å². The van der Waals surface area contributed by atoms with Crippen molar-refractivity contribution in [2.75, 3.05) is 20.1 Å². The molecule has 1 aromatic heterocycles. The third-order valence-electron chi connectivity index (χ3n) is 6.18. The van der Waals surface area contributed by atoms with Crippen LogP contribution in [-0.4, -0.2) is 45.3 Å². The minimum atomic E-state index is -0.692. The zero-order valence-electron chi connectivity index (χ0n) is 17.9. The van der Waals surface area contributed by atoms with Crippen molar-refractivity contribution in [1.29, 1.82) is 0 Å². The van der Waals surface area contributed by atoms with Crippen LogP contribution in [-0.2, 0) is 6.54 Å². The summed E-state index contributed by atoms with van der Waals surface area (Å²) in [5.74, 6) is 0. The van der Waals surface area contributed by atoms with Gasteiger partial charge < -0.3 is 14.6 Å². The fourth-order valence-corrected chi connectivity index (χ4v) is 4.63. The maximum Gasteiger partial charge on any atom is 0.0963 e. The molecule has 0 radical (unpaired) electrons. The van der Waals surface area contributed by atoms with E-state index in [0.717, 1.165) is 42.9 Å². The summed E-state index contributed by atoms with van der Waals surface area (Å²) < 4.78 is 2.18. The van der Waals surface area contributed by atoms with Crippen LogP contribution < -0.4 is 0 Å². The van der Waals surface area contributed by atoms with Crippen molar-refractivity contribution in [3.05, 3.63) is 65.5 Å². The monoisotopic (exact) mass is 389 g/mol. The van der Waals surface area contributed by atoms with Crippen molar-refractivity contribution in [1.82, 2.24) is 14.5 Å². The van der Waals surface area contributed by atoms with Crippen LogP contribution in [0.15, 0.2) is 48.8 Å². The van der Waals surface area contributed by atoms with Crippen LogP contribution in [0.25, 0.3) is 22.5 Å². The molecule has 2 heterocycles. The van der Waals surface area contributed by atoms with Crippen LogP contribution in [0.4, 0.5) is 0 Å². The summed E-state index contributed by atoms with van der Waals surface area (Å²) in [6, 6.07) is 14.8. The van der Waals surface area contributed by atoms with E-state index in [4.69, 9.17) is 4.98 Å². The molecule has 4 heteroatoms. The molecule has 0 bridgehead atoms. The molecular weight excluding hydrogens is 358 g/mol. The lowest BCUT2D eigenvalue weighted by molar-refractivity contribution is -0.0287. The second kappa shape index (κ2) is 7.77. The molecule has 1 saturated heterocycles. The summed E-state index contributed by atoms with van der Waals surface area (Å²) in [6.07, 6.45) is 3.48. The Kier molecular flexibility index (Phi) is 5.32. The van der Waals surface area contributed by atoms with Gasteiger partial charge in [0.2, 0.25) is 0 Å². The highest BCUT2D eigenvalue weighted by Gasteiger charge is 2.33. The number of piperidine rings is 1. The summed E-state index contributed by atoms with van der Waals surface area (Å²) >= 11 is 0. The van der Waals surface area contributed by atoms with Gasteiger partial charge in [0.15, 0.2) is 0 Å². The lowest BCUT2D eigenvalue weighted by Crippen LogP contribution is -2.45. The zero-order chi connectivity index (χ0) is 20.6. The fourth-order valence-electron chi connectivity index (χ4n) is 4.63. The van der Waals surface area contributed by atoms with E-state index in [1.165, 1.54) is 22.3 Å². The maximum atomic E-state index is 11.3. The number of rotatable bonds is 4.